The highest BCUT2D eigenvalue weighted by molar-refractivity contribution is 7.80. The minimum atomic E-state index is -0.536. The molecule has 1 atom stereocenters. The first-order chi connectivity index (χ1) is 10.2. The van der Waals surface area contributed by atoms with Gasteiger partial charge in [-0.15, -0.1) is 0 Å². The molecule has 1 aliphatic heterocycles. The molecule has 0 radical (unpaired) electrons. The van der Waals surface area contributed by atoms with Gasteiger partial charge in [0.15, 0.2) is 0 Å². The summed E-state index contributed by atoms with van der Waals surface area (Å²) in [5.41, 5.74) is 7.23. The highest BCUT2D eigenvalue weighted by atomic mass is 32.1. The maximum absolute atomic E-state index is 12.1. The zero-order valence-electron chi connectivity index (χ0n) is 11.5. The van der Waals surface area contributed by atoms with Gasteiger partial charge in [0, 0.05) is 6.54 Å². The van der Waals surface area contributed by atoms with Crippen LogP contribution in [0.2, 0.25) is 0 Å². The molecule has 106 valence electrons. The summed E-state index contributed by atoms with van der Waals surface area (Å²) in [6.45, 7) is 0.577. The molecule has 1 amide bonds. The van der Waals surface area contributed by atoms with Crippen LogP contribution in [0.25, 0.3) is 0 Å². The van der Waals surface area contributed by atoms with Crippen LogP contribution in [0.4, 0.5) is 0 Å². The van der Waals surface area contributed by atoms with Gasteiger partial charge in [-0.3, -0.25) is 4.79 Å². The number of hydrogen-bond donors (Lipinski definition) is 2. The quantitative estimate of drug-likeness (QED) is 0.852. The normalized spacial score (nSPS) is 20.0. The number of rotatable bonds is 3. The predicted octanol–water partition coefficient (Wildman–Crippen LogP) is 2.00. The summed E-state index contributed by atoms with van der Waals surface area (Å²) in [4.78, 5) is 12.6. The third-order valence-electron chi connectivity index (χ3n) is 4.16. The monoisotopic (exact) mass is 296 g/mol. The molecular formula is C17H16N2OS. The van der Waals surface area contributed by atoms with Gasteiger partial charge >= 0.3 is 0 Å². The molecule has 3 nitrogen and oxygen atoms in total. The molecule has 4 heteroatoms. The van der Waals surface area contributed by atoms with Crippen LogP contribution in [0.15, 0.2) is 60.7 Å². The Kier molecular flexibility index (Phi) is 3.47. The van der Waals surface area contributed by atoms with E-state index in [1.165, 1.54) is 0 Å². The molecule has 0 bridgehead atoms. The van der Waals surface area contributed by atoms with E-state index in [-0.39, 0.29) is 0 Å². The van der Waals surface area contributed by atoms with Crippen molar-refractivity contribution in [3.8, 4) is 0 Å². The van der Waals surface area contributed by atoms with Crippen molar-refractivity contribution in [3.05, 3.63) is 71.8 Å². The van der Waals surface area contributed by atoms with Crippen LogP contribution < -0.4 is 11.1 Å². The van der Waals surface area contributed by atoms with Gasteiger partial charge in [0.2, 0.25) is 5.91 Å². The molecule has 1 saturated heterocycles. The second kappa shape index (κ2) is 5.30. The molecule has 1 aliphatic rings. The van der Waals surface area contributed by atoms with E-state index in [9.17, 15) is 4.79 Å². The summed E-state index contributed by atoms with van der Waals surface area (Å²) < 4.78 is 0. The van der Waals surface area contributed by atoms with Crippen molar-refractivity contribution >= 4 is 23.1 Å². The summed E-state index contributed by atoms with van der Waals surface area (Å²) in [5, 5.41) is 3.17. The van der Waals surface area contributed by atoms with Crippen LogP contribution >= 0.6 is 12.2 Å². The number of nitrogens with two attached hydrogens (primary N) is 1. The summed E-state index contributed by atoms with van der Waals surface area (Å²) in [6.07, 6.45) is 0. The summed E-state index contributed by atoms with van der Waals surface area (Å²) >= 11 is 5.35. The second-order valence-corrected chi connectivity index (χ2v) is 5.70. The van der Waals surface area contributed by atoms with Crippen LogP contribution in [0.1, 0.15) is 11.1 Å². The first-order valence-electron chi connectivity index (χ1n) is 6.84. The Labute approximate surface area is 129 Å². The molecule has 1 heterocycles. The molecule has 2 aromatic carbocycles. The largest absolute Gasteiger partial charge is 0.378 e. The standard InChI is InChI=1S/C17H16N2OS/c18-15(20)14-16(21)19-11-17(14,12-7-3-1-4-8-12)13-9-5-2-6-10-13/h1-10,14H,11H2,(H2,18,20)(H,19,21). The lowest BCUT2D eigenvalue weighted by atomic mass is 9.67. The minimum absolute atomic E-state index is 0.391. The molecule has 3 N–H and O–H groups in total. The van der Waals surface area contributed by atoms with Crippen LogP contribution in [0.5, 0.6) is 0 Å². The Morgan fingerprint density at radius 3 is 1.95 bits per heavy atom. The van der Waals surface area contributed by atoms with Gasteiger partial charge in [-0.2, -0.15) is 0 Å². The maximum Gasteiger partial charge on any atom is 0.228 e. The van der Waals surface area contributed by atoms with Gasteiger partial charge < -0.3 is 11.1 Å². The lowest BCUT2D eigenvalue weighted by Crippen LogP contribution is -2.44. The zero-order valence-corrected chi connectivity index (χ0v) is 12.3. The number of amides is 1. The minimum Gasteiger partial charge on any atom is -0.378 e. The molecular weight excluding hydrogens is 280 g/mol. The Hall–Kier alpha value is -2.20. The smallest absolute Gasteiger partial charge is 0.228 e. The molecule has 0 spiro atoms. The van der Waals surface area contributed by atoms with E-state index in [1.54, 1.807) is 0 Å². The van der Waals surface area contributed by atoms with E-state index in [2.05, 4.69) is 5.32 Å². The summed E-state index contributed by atoms with van der Waals surface area (Å²) in [7, 11) is 0. The fourth-order valence-electron chi connectivity index (χ4n) is 3.20. The summed E-state index contributed by atoms with van der Waals surface area (Å²) in [5.74, 6) is -0.921. The van der Waals surface area contributed by atoms with Crippen LogP contribution in [-0.4, -0.2) is 17.4 Å². The number of nitrogens with one attached hydrogen (secondary N) is 1. The number of hydrogen-bond acceptors (Lipinski definition) is 2. The van der Waals surface area contributed by atoms with E-state index in [4.69, 9.17) is 18.0 Å². The van der Waals surface area contributed by atoms with E-state index in [0.29, 0.717) is 11.5 Å². The molecule has 0 aliphatic carbocycles. The number of carbonyl (C=O) groups excluding carboxylic acids is 1. The van der Waals surface area contributed by atoms with Crippen molar-refractivity contribution in [2.45, 2.75) is 5.41 Å². The van der Waals surface area contributed by atoms with Gasteiger partial charge in [0.25, 0.3) is 0 Å². The average molecular weight is 296 g/mol. The van der Waals surface area contributed by atoms with Crippen LogP contribution in [-0.2, 0) is 10.2 Å². The number of benzene rings is 2. The molecule has 1 fully saturated rings. The highest BCUT2D eigenvalue weighted by Gasteiger charge is 2.51. The third-order valence-corrected chi connectivity index (χ3v) is 4.54. The van der Waals surface area contributed by atoms with E-state index >= 15 is 0 Å². The first kappa shape index (κ1) is 13.8. The fourth-order valence-corrected chi connectivity index (χ4v) is 3.59. The van der Waals surface area contributed by atoms with Crippen molar-refractivity contribution < 1.29 is 4.79 Å². The first-order valence-corrected chi connectivity index (χ1v) is 7.25. The van der Waals surface area contributed by atoms with Crippen molar-refractivity contribution in [3.63, 3.8) is 0 Å². The second-order valence-electron chi connectivity index (χ2n) is 5.26. The van der Waals surface area contributed by atoms with Crippen LogP contribution in [0, 0.1) is 5.92 Å². The Morgan fingerprint density at radius 2 is 1.52 bits per heavy atom. The van der Waals surface area contributed by atoms with Gasteiger partial charge in [-0.25, -0.2) is 0 Å². The number of primary amides is 1. The average Bonchev–Trinajstić information content (AvgIpc) is 2.88. The van der Waals surface area contributed by atoms with Crippen molar-refractivity contribution in [1.82, 2.24) is 5.32 Å². The van der Waals surface area contributed by atoms with Gasteiger partial charge in [0.1, 0.15) is 5.92 Å². The van der Waals surface area contributed by atoms with E-state index in [0.717, 1.165) is 11.1 Å². The van der Waals surface area contributed by atoms with E-state index in [1.807, 2.05) is 60.7 Å². The molecule has 0 saturated carbocycles. The Bertz CT molecular complexity index is 630. The maximum atomic E-state index is 12.1. The SMILES string of the molecule is NC(=O)C1C(=S)NCC1(c1ccccc1)c1ccccc1. The van der Waals surface area contributed by atoms with Gasteiger partial charge in [-0.05, 0) is 11.1 Å². The van der Waals surface area contributed by atoms with Gasteiger partial charge in [-0.1, -0.05) is 72.9 Å². The zero-order chi connectivity index (χ0) is 14.9. The molecule has 0 aromatic heterocycles. The summed E-state index contributed by atoms with van der Waals surface area (Å²) in [6, 6.07) is 19.9. The van der Waals surface area contributed by atoms with Gasteiger partial charge in [0.05, 0.1) is 10.4 Å². The molecule has 1 unspecified atom stereocenters. The predicted molar refractivity (Wildman–Crippen MR) is 86.9 cm³/mol. The van der Waals surface area contributed by atoms with E-state index < -0.39 is 17.2 Å². The highest BCUT2D eigenvalue weighted by Crippen LogP contribution is 2.42. The third kappa shape index (κ3) is 2.12. The topological polar surface area (TPSA) is 55.1 Å². The lowest BCUT2D eigenvalue weighted by molar-refractivity contribution is -0.120. The fraction of sp³-hybridized carbons (Fsp3) is 0.176. The Balaban J connectivity index is 2.26. The Morgan fingerprint density at radius 1 is 1.05 bits per heavy atom. The van der Waals surface area contributed by atoms with Crippen molar-refractivity contribution in [2.75, 3.05) is 6.54 Å². The molecule has 2 aromatic rings. The number of thiocarbonyl (C=S) groups is 1. The molecule has 3 rings (SSSR count). The van der Waals surface area contributed by atoms with Crippen molar-refractivity contribution in [2.24, 2.45) is 11.7 Å². The molecule has 21 heavy (non-hydrogen) atoms. The number of carbonyl (C=O) groups is 1. The lowest BCUT2D eigenvalue weighted by Gasteiger charge is -2.33. The van der Waals surface area contributed by atoms with Crippen LogP contribution in [0.3, 0.4) is 0 Å². The van der Waals surface area contributed by atoms with Crippen molar-refractivity contribution in [1.29, 1.82) is 0 Å².